The van der Waals surface area contributed by atoms with Gasteiger partial charge >= 0.3 is 5.97 Å². The van der Waals surface area contributed by atoms with Gasteiger partial charge in [0.25, 0.3) is 0 Å². The number of nitrogens with one attached hydrogen (secondary N) is 1. The van der Waals surface area contributed by atoms with Gasteiger partial charge in [0.1, 0.15) is 11.4 Å². The van der Waals surface area contributed by atoms with Gasteiger partial charge in [-0.05, 0) is 42.7 Å². The van der Waals surface area contributed by atoms with Gasteiger partial charge in [-0.15, -0.1) is 11.3 Å². The minimum Gasteiger partial charge on any atom is -0.478 e. The summed E-state index contributed by atoms with van der Waals surface area (Å²) in [6.45, 7) is 23.8. The molecule has 2 N–H and O–H groups in total. The number of allylic oxidation sites excluding steroid dienone is 6. The maximum absolute atomic E-state index is 12.5. The molecule has 1 unspecified atom stereocenters. The van der Waals surface area contributed by atoms with Crippen LogP contribution in [0.2, 0.25) is 5.02 Å². The van der Waals surface area contributed by atoms with Crippen molar-refractivity contribution in [2.75, 3.05) is 5.32 Å². The number of hydrogen-bond acceptors (Lipinski definition) is 4. The number of carbonyl (C=O) groups is 2. The number of carboxylic acid groups (broad SMARTS) is 1. The fraction of sp³-hybridized carbons (Fsp3) is 0.243. The van der Waals surface area contributed by atoms with E-state index in [1.54, 1.807) is 36.6 Å². The first-order chi connectivity index (χ1) is 21.4. The van der Waals surface area contributed by atoms with Crippen LogP contribution < -0.4 is 5.32 Å². The summed E-state index contributed by atoms with van der Waals surface area (Å²) >= 11 is 12.4. The van der Waals surface area contributed by atoms with E-state index in [9.17, 15) is 19.1 Å². The third-order valence-corrected chi connectivity index (χ3v) is 7.24. The van der Waals surface area contributed by atoms with Crippen molar-refractivity contribution in [1.29, 1.82) is 0 Å². The number of hydrogen-bond donors (Lipinski definition) is 2. The summed E-state index contributed by atoms with van der Waals surface area (Å²) in [5.74, 6) is -1.28. The van der Waals surface area contributed by atoms with Crippen LogP contribution >= 0.6 is 34.5 Å². The van der Waals surface area contributed by atoms with Crippen molar-refractivity contribution >= 4 is 52.0 Å². The molecule has 1 aliphatic carbocycles. The highest BCUT2D eigenvalue weighted by molar-refractivity contribution is 7.14. The fourth-order valence-electron chi connectivity index (χ4n) is 3.76. The van der Waals surface area contributed by atoms with Gasteiger partial charge in [0.05, 0.1) is 10.6 Å². The van der Waals surface area contributed by atoms with Gasteiger partial charge in [0.2, 0.25) is 0 Å². The Kier molecular flexibility index (Phi) is 20.9. The topological polar surface area (TPSA) is 66.4 Å². The number of aromatic carboxylic acids is 1. The molecule has 0 fully saturated rings. The Balaban J connectivity index is 0.00000101. The molecule has 0 saturated heterocycles. The molecule has 1 aromatic heterocycles. The van der Waals surface area contributed by atoms with Crippen molar-refractivity contribution in [2.24, 2.45) is 5.92 Å². The molecule has 1 heterocycles. The van der Waals surface area contributed by atoms with Crippen molar-refractivity contribution in [3.8, 4) is 10.4 Å². The van der Waals surface area contributed by atoms with Crippen LogP contribution in [0.15, 0.2) is 115 Å². The molecule has 4 nitrogen and oxygen atoms in total. The Hall–Kier alpha value is -3.71. The molecule has 8 heteroatoms. The maximum Gasteiger partial charge on any atom is 0.339 e. The number of thiophene rings is 1. The lowest BCUT2D eigenvalue weighted by molar-refractivity contribution is 0.0699. The van der Waals surface area contributed by atoms with Gasteiger partial charge in [0.15, 0.2) is 5.78 Å². The van der Waals surface area contributed by atoms with Crippen LogP contribution in [0.25, 0.3) is 10.4 Å². The SMILES string of the molecule is C=C(Nc1csc(-c2ccc(Cl)cc2)c1C(=O)O)C1CC(=O)c2ccccc2C1.C=C/C(F)=C\C.C=CC(=C)Cl.CC.CCC. The number of rotatable bonds is 7. The van der Waals surface area contributed by atoms with E-state index in [2.05, 4.69) is 45.5 Å². The first kappa shape index (κ1) is 41.3. The smallest absolute Gasteiger partial charge is 0.339 e. The number of ketones is 1. The van der Waals surface area contributed by atoms with Crippen LogP contribution in [0.1, 0.15) is 73.7 Å². The number of carboxylic acids is 1. The third-order valence-electron chi connectivity index (χ3n) is 5.81. The predicted molar refractivity (Wildman–Crippen MR) is 195 cm³/mol. The largest absolute Gasteiger partial charge is 0.478 e. The van der Waals surface area contributed by atoms with Crippen LogP contribution in [0.5, 0.6) is 0 Å². The summed E-state index contributed by atoms with van der Waals surface area (Å²) in [6.07, 6.45) is 6.32. The molecule has 3 aromatic rings. The number of fused-ring (bicyclic) bond motifs is 1. The summed E-state index contributed by atoms with van der Waals surface area (Å²) in [7, 11) is 0. The summed E-state index contributed by atoms with van der Waals surface area (Å²) in [4.78, 5) is 25.1. The predicted octanol–water partition coefficient (Wildman–Crippen LogP) is 12.6. The molecular formula is C37H44Cl2FNO3S. The standard InChI is InChI=1S/C23H18ClNO3S.C5H7F.C4H5Cl.C3H8.C2H6/c1-13(16-10-15-4-2-3-5-18(15)20(26)11-16)25-19-12-29-22(21(19)23(27)28)14-6-8-17(24)9-7-14;1-3-5(6)4-2;1-3-4(2)5;1-3-2;1-2/h2-9,12,16,25H,1,10-11H2,(H,27,28);3-4H,1H2,2H3;3H,1-2H2;3H2,1-2H3;1-2H3/b;5-4+;;;. The summed E-state index contributed by atoms with van der Waals surface area (Å²) in [5.41, 5.74) is 3.89. The minimum absolute atomic E-state index is 0.0853. The molecule has 0 saturated carbocycles. The molecule has 4 rings (SSSR count). The second-order valence-corrected chi connectivity index (χ2v) is 11.0. The number of carbonyl (C=O) groups excluding carboxylic acids is 1. The van der Waals surface area contributed by atoms with Crippen LogP contribution in [0.4, 0.5) is 10.1 Å². The van der Waals surface area contributed by atoms with Crippen LogP contribution in [-0.4, -0.2) is 16.9 Å². The van der Waals surface area contributed by atoms with E-state index < -0.39 is 5.97 Å². The van der Waals surface area contributed by atoms with Crippen LogP contribution in [0, 0.1) is 5.92 Å². The maximum atomic E-state index is 12.5. The Morgan fingerprint density at radius 3 is 2.09 bits per heavy atom. The summed E-state index contributed by atoms with van der Waals surface area (Å²) < 4.78 is 11.6. The molecule has 1 aliphatic rings. The van der Waals surface area contributed by atoms with Gasteiger partial charge in [-0.3, -0.25) is 4.79 Å². The molecule has 0 spiro atoms. The number of Topliss-reactive ketones (excluding diaryl/α,β-unsaturated/α-hetero) is 1. The second-order valence-electron chi connectivity index (χ2n) is 9.24. The van der Waals surface area contributed by atoms with Crippen molar-refractivity contribution < 1.29 is 19.1 Å². The summed E-state index contributed by atoms with van der Waals surface area (Å²) in [5, 5.41) is 15.8. The first-order valence-electron chi connectivity index (χ1n) is 14.5. The quantitative estimate of drug-likeness (QED) is 0.245. The zero-order valence-corrected chi connectivity index (χ0v) is 29.1. The highest BCUT2D eigenvalue weighted by Gasteiger charge is 2.28. The number of halogens is 3. The lowest BCUT2D eigenvalue weighted by Gasteiger charge is -2.26. The van der Waals surface area contributed by atoms with Gasteiger partial charge < -0.3 is 10.4 Å². The molecule has 0 radical (unpaired) electrons. The van der Waals surface area contributed by atoms with E-state index in [0.717, 1.165) is 16.7 Å². The average Bonchev–Trinajstić information content (AvgIpc) is 3.46. The molecule has 0 bridgehead atoms. The van der Waals surface area contributed by atoms with E-state index >= 15 is 0 Å². The van der Waals surface area contributed by atoms with Crippen LogP contribution in [-0.2, 0) is 6.42 Å². The van der Waals surface area contributed by atoms with Crippen molar-refractivity contribution in [3.05, 3.63) is 137 Å². The zero-order chi connectivity index (χ0) is 34.5. The van der Waals surface area contributed by atoms with E-state index in [1.165, 1.54) is 36.0 Å². The van der Waals surface area contributed by atoms with Gasteiger partial charge in [-0.25, -0.2) is 9.18 Å². The molecule has 1 atom stereocenters. The normalized spacial score (nSPS) is 12.8. The molecule has 2 aromatic carbocycles. The summed E-state index contributed by atoms with van der Waals surface area (Å²) in [6, 6.07) is 14.7. The van der Waals surface area contributed by atoms with Gasteiger partial charge in [-0.1, -0.05) is 132 Å². The molecular weight excluding hydrogens is 628 g/mol. The minimum atomic E-state index is -1.02. The Morgan fingerprint density at radius 1 is 1.07 bits per heavy atom. The monoisotopic (exact) mass is 671 g/mol. The van der Waals surface area contributed by atoms with Crippen molar-refractivity contribution in [3.63, 3.8) is 0 Å². The fourth-order valence-corrected chi connectivity index (χ4v) is 4.88. The van der Waals surface area contributed by atoms with E-state index in [0.29, 0.717) is 39.2 Å². The number of benzene rings is 2. The molecule has 242 valence electrons. The lowest BCUT2D eigenvalue weighted by Crippen LogP contribution is -2.24. The molecule has 45 heavy (non-hydrogen) atoms. The Morgan fingerprint density at radius 2 is 1.62 bits per heavy atom. The van der Waals surface area contributed by atoms with Gasteiger partial charge in [-0.2, -0.15) is 0 Å². The third kappa shape index (κ3) is 14.3. The van der Waals surface area contributed by atoms with Crippen molar-refractivity contribution in [2.45, 2.75) is 53.9 Å². The highest BCUT2D eigenvalue weighted by atomic mass is 35.5. The Labute approximate surface area is 282 Å². The lowest BCUT2D eigenvalue weighted by atomic mass is 9.81. The molecule has 0 amide bonds. The van der Waals surface area contributed by atoms with E-state index in [1.807, 2.05) is 38.1 Å². The van der Waals surface area contributed by atoms with Crippen molar-refractivity contribution in [1.82, 2.24) is 0 Å². The van der Waals surface area contributed by atoms with E-state index in [-0.39, 0.29) is 23.1 Å². The average molecular weight is 673 g/mol. The van der Waals surface area contributed by atoms with E-state index in [4.69, 9.17) is 23.2 Å². The second kappa shape index (κ2) is 22.7. The molecule has 0 aliphatic heterocycles. The number of anilines is 1. The van der Waals surface area contributed by atoms with Gasteiger partial charge in [0, 0.05) is 39.0 Å². The zero-order valence-electron chi connectivity index (χ0n) is 26.8. The van der Waals surface area contributed by atoms with Crippen LogP contribution in [0.3, 0.4) is 0 Å². The highest BCUT2D eigenvalue weighted by Crippen LogP contribution is 2.38. The Bertz CT molecular complexity index is 1460. The first-order valence-corrected chi connectivity index (χ1v) is 16.2.